The van der Waals surface area contributed by atoms with E-state index in [-0.39, 0.29) is 24.5 Å². The van der Waals surface area contributed by atoms with E-state index in [2.05, 4.69) is 5.32 Å². The first-order valence-corrected chi connectivity index (χ1v) is 7.31. The first-order valence-electron chi connectivity index (χ1n) is 6.55. The minimum absolute atomic E-state index is 0.101. The third-order valence-corrected chi connectivity index (χ3v) is 4.15. The van der Waals surface area contributed by atoms with Crippen molar-refractivity contribution >= 4 is 35.1 Å². The number of carboxylic acid groups (broad SMARTS) is 1. The van der Waals surface area contributed by atoms with E-state index in [1.807, 2.05) is 0 Å². The number of rotatable bonds is 5. The van der Waals surface area contributed by atoms with E-state index < -0.39 is 5.97 Å². The summed E-state index contributed by atoms with van der Waals surface area (Å²) in [7, 11) is 0. The molecular weight excluding hydrogens is 317 g/mol. The molecule has 1 aromatic carbocycles. The number of ether oxygens (including phenoxy) is 1. The summed E-state index contributed by atoms with van der Waals surface area (Å²) in [5.41, 5.74) is 0. The van der Waals surface area contributed by atoms with Crippen molar-refractivity contribution in [1.29, 1.82) is 0 Å². The number of hydrogen-bond acceptors (Lipinski definition) is 3. The van der Waals surface area contributed by atoms with Gasteiger partial charge in [-0.2, -0.15) is 0 Å². The van der Waals surface area contributed by atoms with Gasteiger partial charge in [0.1, 0.15) is 5.75 Å². The van der Waals surface area contributed by atoms with Gasteiger partial charge in [0.15, 0.2) is 6.61 Å². The maximum atomic E-state index is 11.8. The molecule has 2 N–H and O–H groups in total. The smallest absolute Gasteiger partial charge is 0.306 e. The number of amides is 1. The van der Waals surface area contributed by atoms with Crippen LogP contribution in [0.15, 0.2) is 18.2 Å². The summed E-state index contributed by atoms with van der Waals surface area (Å²) in [5.74, 6) is -1.00. The molecule has 1 aromatic rings. The van der Waals surface area contributed by atoms with Crippen LogP contribution in [0.1, 0.15) is 19.3 Å². The second kappa shape index (κ2) is 7.00. The van der Waals surface area contributed by atoms with Crippen molar-refractivity contribution in [3.8, 4) is 5.75 Å². The predicted octanol–water partition coefficient (Wildman–Crippen LogP) is 2.74. The van der Waals surface area contributed by atoms with Crippen LogP contribution < -0.4 is 10.1 Å². The summed E-state index contributed by atoms with van der Waals surface area (Å²) in [6.07, 6.45) is 1.73. The van der Waals surface area contributed by atoms with Gasteiger partial charge in [0.2, 0.25) is 0 Å². The molecule has 0 heterocycles. The van der Waals surface area contributed by atoms with E-state index in [0.717, 1.165) is 0 Å². The molecule has 7 heteroatoms. The van der Waals surface area contributed by atoms with E-state index in [1.165, 1.54) is 6.07 Å². The zero-order chi connectivity index (χ0) is 15.4. The highest BCUT2D eigenvalue weighted by atomic mass is 35.5. The van der Waals surface area contributed by atoms with Gasteiger partial charge >= 0.3 is 5.97 Å². The number of carbonyl (C=O) groups is 2. The topological polar surface area (TPSA) is 75.6 Å². The lowest BCUT2D eigenvalue weighted by molar-refractivity contribution is -0.141. The number of benzene rings is 1. The van der Waals surface area contributed by atoms with Crippen molar-refractivity contribution in [2.75, 3.05) is 6.61 Å². The molecule has 5 nitrogen and oxygen atoms in total. The van der Waals surface area contributed by atoms with E-state index >= 15 is 0 Å². The number of hydrogen-bond donors (Lipinski definition) is 2. The fourth-order valence-corrected chi connectivity index (χ4v) is 2.61. The van der Waals surface area contributed by atoms with Crippen molar-refractivity contribution in [3.05, 3.63) is 28.2 Å². The van der Waals surface area contributed by atoms with Crippen molar-refractivity contribution < 1.29 is 19.4 Å². The van der Waals surface area contributed by atoms with Gasteiger partial charge < -0.3 is 15.2 Å². The summed E-state index contributed by atoms with van der Waals surface area (Å²) >= 11 is 11.6. The number of aliphatic carboxylic acids is 1. The highest BCUT2D eigenvalue weighted by Gasteiger charge is 2.30. The molecule has 0 spiro atoms. The highest BCUT2D eigenvalue weighted by molar-refractivity contribution is 6.42. The zero-order valence-corrected chi connectivity index (χ0v) is 12.7. The van der Waals surface area contributed by atoms with Crippen LogP contribution in [0.4, 0.5) is 0 Å². The Morgan fingerprint density at radius 1 is 1.29 bits per heavy atom. The van der Waals surface area contributed by atoms with Crippen LogP contribution >= 0.6 is 23.2 Å². The lowest BCUT2D eigenvalue weighted by Gasteiger charge is -2.13. The van der Waals surface area contributed by atoms with Crippen LogP contribution in [0, 0.1) is 5.92 Å². The molecule has 1 fully saturated rings. The van der Waals surface area contributed by atoms with Gasteiger partial charge in [-0.15, -0.1) is 0 Å². The molecule has 0 radical (unpaired) electrons. The van der Waals surface area contributed by atoms with Crippen molar-refractivity contribution in [1.82, 2.24) is 5.32 Å². The van der Waals surface area contributed by atoms with E-state index in [0.29, 0.717) is 35.1 Å². The Kier molecular flexibility index (Phi) is 5.31. The van der Waals surface area contributed by atoms with E-state index in [9.17, 15) is 9.59 Å². The molecule has 0 aliphatic heterocycles. The molecule has 0 saturated heterocycles. The molecular formula is C14H15Cl2NO4. The second-order valence-corrected chi connectivity index (χ2v) is 5.79. The number of nitrogens with one attached hydrogen (secondary N) is 1. The van der Waals surface area contributed by atoms with Crippen molar-refractivity contribution in [2.24, 2.45) is 5.92 Å². The van der Waals surface area contributed by atoms with Crippen molar-refractivity contribution in [3.63, 3.8) is 0 Å². The van der Waals surface area contributed by atoms with E-state index in [4.69, 9.17) is 33.0 Å². The molecule has 0 aromatic heterocycles. The average Bonchev–Trinajstić information content (AvgIpc) is 2.89. The normalized spacial score (nSPS) is 21.0. The van der Waals surface area contributed by atoms with Gasteiger partial charge in [-0.1, -0.05) is 23.2 Å². The van der Waals surface area contributed by atoms with Crippen LogP contribution in [0.5, 0.6) is 5.75 Å². The van der Waals surface area contributed by atoms with Crippen LogP contribution in [0.3, 0.4) is 0 Å². The molecule has 1 aliphatic carbocycles. The number of halogens is 2. The summed E-state index contributed by atoms with van der Waals surface area (Å²) in [5, 5.41) is 12.5. The molecule has 0 bridgehead atoms. The lowest BCUT2D eigenvalue weighted by Crippen LogP contribution is -2.36. The SMILES string of the molecule is O=C(COc1ccc(Cl)c(Cl)c1)N[C@H]1CC[C@@H](C(=O)O)C1. The van der Waals surface area contributed by atoms with Gasteiger partial charge in [-0.05, 0) is 31.4 Å². The number of carbonyl (C=O) groups excluding carboxylic acids is 1. The third kappa shape index (κ3) is 4.51. The fraction of sp³-hybridized carbons (Fsp3) is 0.429. The summed E-state index contributed by atoms with van der Waals surface area (Å²) < 4.78 is 5.32. The van der Waals surface area contributed by atoms with Crippen LogP contribution in [0.2, 0.25) is 10.0 Å². The molecule has 114 valence electrons. The number of carboxylic acids is 1. The minimum atomic E-state index is -0.807. The average molecular weight is 332 g/mol. The first kappa shape index (κ1) is 15.9. The molecule has 1 aliphatic rings. The van der Waals surface area contributed by atoms with Crippen LogP contribution in [-0.2, 0) is 9.59 Å². The highest BCUT2D eigenvalue weighted by Crippen LogP contribution is 2.27. The Morgan fingerprint density at radius 3 is 2.67 bits per heavy atom. The molecule has 1 saturated carbocycles. The lowest BCUT2D eigenvalue weighted by atomic mass is 10.1. The quantitative estimate of drug-likeness (QED) is 0.869. The van der Waals surface area contributed by atoms with E-state index in [1.54, 1.807) is 12.1 Å². The fourth-order valence-electron chi connectivity index (χ4n) is 2.32. The van der Waals surface area contributed by atoms with Gasteiger partial charge in [-0.25, -0.2) is 0 Å². The Labute approximate surface area is 132 Å². The Balaban J connectivity index is 1.77. The Bertz CT molecular complexity index is 550. The molecule has 0 unspecified atom stereocenters. The third-order valence-electron chi connectivity index (χ3n) is 3.41. The zero-order valence-electron chi connectivity index (χ0n) is 11.1. The van der Waals surface area contributed by atoms with Gasteiger partial charge in [0, 0.05) is 12.1 Å². The molecule has 1 amide bonds. The van der Waals surface area contributed by atoms with Gasteiger partial charge in [0.05, 0.1) is 16.0 Å². The largest absolute Gasteiger partial charge is 0.484 e. The van der Waals surface area contributed by atoms with Crippen molar-refractivity contribution in [2.45, 2.75) is 25.3 Å². The molecule has 2 rings (SSSR count). The first-order chi connectivity index (χ1) is 9.95. The molecule has 21 heavy (non-hydrogen) atoms. The monoisotopic (exact) mass is 331 g/mol. The van der Waals surface area contributed by atoms with Gasteiger partial charge in [0.25, 0.3) is 5.91 Å². The standard InChI is InChI=1S/C14H15Cl2NO4/c15-11-4-3-10(6-12(11)16)21-7-13(18)17-9-2-1-8(5-9)14(19)20/h3-4,6,8-9H,1-2,5,7H2,(H,17,18)(H,19,20)/t8-,9+/m1/s1. The van der Waals surface area contributed by atoms with Crippen LogP contribution in [-0.4, -0.2) is 29.6 Å². The molecule has 2 atom stereocenters. The maximum Gasteiger partial charge on any atom is 0.306 e. The minimum Gasteiger partial charge on any atom is -0.484 e. The summed E-state index contributed by atoms with van der Waals surface area (Å²) in [6.45, 7) is -0.147. The Morgan fingerprint density at radius 2 is 2.05 bits per heavy atom. The van der Waals surface area contributed by atoms with Crippen LogP contribution in [0.25, 0.3) is 0 Å². The predicted molar refractivity (Wildman–Crippen MR) is 78.9 cm³/mol. The Hall–Kier alpha value is -1.46. The summed E-state index contributed by atoms with van der Waals surface area (Å²) in [4.78, 5) is 22.6. The van der Waals surface area contributed by atoms with Gasteiger partial charge in [-0.3, -0.25) is 9.59 Å². The maximum absolute atomic E-state index is 11.8. The second-order valence-electron chi connectivity index (χ2n) is 4.98. The summed E-state index contributed by atoms with van der Waals surface area (Å²) in [6, 6.07) is 4.65.